The van der Waals surface area contributed by atoms with Crippen molar-refractivity contribution in [1.82, 2.24) is 58.1 Å². The van der Waals surface area contributed by atoms with Gasteiger partial charge in [0.15, 0.2) is 0 Å². The Morgan fingerprint density at radius 2 is 1.07 bits per heavy atom. The zero-order chi connectivity index (χ0) is 61.0. The number of unbranched alkanes of at least 4 members (excludes halogenated alkanes) is 5. The summed E-state index contributed by atoms with van der Waals surface area (Å²) in [6.45, 7) is 22.8. The number of nitrogens with one attached hydrogen (secondary N) is 10. The molecule has 0 aromatic heterocycles. The van der Waals surface area contributed by atoms with Crippen molar-refractivity contribution in [3.63, 3.8) is 0 Å². The Bertz CT molecular complexity index is 2060. The average Bonchev–Trinajstić information content (AvgIpc) is 3.85. The van der Waals surface area contributed by atoms with Crippen molar-refractivity contribution in [2.75, 3.05) is 32.8 Å². The molecule has 458 valence electrons. The van der Waals surface area contributed by atoms with Gasteiger partial charge in [-0.2, -0.15) is 0 Å². The summed E-state index contributed by atoms with van der Waals surface area (Å²) in [5.41, 5.74) is -5.06. The van der Waals surface area contributed by atoms with E-state index in [1.54, 1.807) is 6.92 Å². The maximum Gasteiger partial charge on any atom is 0.303 e. The summed E-state index contributed by atoms with van der Waals surface area (Å²) in [5, 5.41) is 45.8. The molecule has 12 N–H and O–H groups in total. The van der Waals surface area contributed by atoms with E-state index < -0.39 is 106 Å². The molecule has 1 fully saturated rings. The molecule has 1 rings (SSSR count). The van der Waals surface area contributed by atoms with E-state index in [-0.39, 0.29) is 81.4 Å². The molecule has 24 heteroatoms. The van der Waals surface area contributed by atoms with Crippen LogP contribution >= 0.6 is 0 Å². The maximum absolute atomic E-state index is 14.3. The minimum atomic E-state index is -1.74. The number of amides is 10. The summed E-state index contributed by atoms with van der Waals surface area (Å²) in [6, 6.07) is -5.85. The molecule has 0 radical (unpaired) electrons. The number of aliphatic hydroxyl groups is 1. The van der Waals surface area contributed by atoms with Crippen LogP contribution in [0.4, 0.5) is 0 Å². The summed E-state index contributed by atoms with van der Waals surface area (Å²) in [7, 11) is 0. The van der Waals surface area contributed by atoms with Crippen molar-refractivity contribution >= 4 is 65.0 Å². The minimum Gasteiger partial charge on any atom is -0.481 e. The van der Waals surface area contributed by atoms with Crippen molar-refractivity contribution < 1.29 is 63.0 Å². The second-order valence-electron chi connectivity index (χ2n) is 23.7. The van der Waals surface area contributed by atoms with Crippen LogP contribution < -0.4 is 53.2 Å². The number of carbonyl (C=O) groups is 11. The summed E-state index contributed by atoms with van der Waals surface area (Å²) in [5.74, 6) is -7.57. The summed E-state index contributed by atoms with van der Waals surface area (Å²) in [6.07, 6.45) is 6.64. The van der Waals surface area contributed by atoms with Crippen molar-refractivity contribution in [3.8, 4) is 0 Å². The highest BCUT2D eigenvalue weighted by Crippen LogP contribution is 2.21. The van der Waals surface area contributed by atoms with Crippen molar-refractivity contribution in [3.05, 3.63) is 0 Å². The van der Waals surface area contributed by atoms with E-state index in [2.05, 4.69) is 60.1 Å². The topological polar surface area (TPSA) is 352 Å². The van der Waals surface area contributed by atoms with Crippen LogP contribution in [0.2, 0.25) is 0 Å². The lowest BCUT2D eigenvalue weighted by Crippen LogP contribution is -2.66. The second kappa shape index (κ2) is 35.7. The van der Waals surface area contributed by atoms with Crippen LogP contribution in [0.5, 0.6) is 0 Å². The molecule has 1 aliphatic rings. The lowest BCUT2D eigenvalue weighted by atomic mass is 9.96. The van der Waals surface area contributed by atoms with Gasteiger partial charge in [-0.3, -0.25) is 52.7 Å². The van der Waals surface area contributed by atoms with Gasteiger partial charge in [0.25, 0.3) is 0 Å². The Morgan fingerprint density at radius 3 is 1.64 bits per heavy atom. The highest BCUT2D eigenvalue weighted by molar-refractivity contribution is 6.00. The average molecular weight is 1140 g/mol. The van der Waals surface area contributed by atoms with Crippen molar-refractivity contribution in [2.45, 2.75) is 246 Å². The predicted molar refractivity (Wildman–Crippen MR) is 303 cm³/mol. The fourth-order valence-corrected chi connectivity index (χ4v) is 8.87. The third kappa shape index (κ3) is 27.0. The second-order valence-corrected chi connectivity index (χ2v) is 23.7. The Kier molecular flexibility index (Phi) is 32.2. The highest BCUT2D eigenvalue weighted by Gasteiger charge is 2.42. The first-order chi connectivity index (χ1) is 37.3. The fraction of sp³-hybridized carbons (Fsp3) is 0.804. The van der Waals surface area contributed by atoms with Gasteiger partial charge >= 0.3 is 5.97 Å². The smallest absolute Gasteiger partial charge is 0.303 e. The molecular formula is C56H101N11O13. The van der Waals surface area contributed by atoms with E-state index >= 15 is 0 Å². The number of hydrogen-bond acceptors (Lipinski definition) is 13. The monoisotopic (exact) mass is 1140 g/mol. The molecule has 1 heterocycles. The Morgan fingerprint density at radius 1 is 0.550 bits per heavy atom. The van der Waals surface area contributed by atoms with Crippen LogP contribution in [0.15, 0.2) is 0 Å². The molecule has 0 spiro atoms. The van der Waals surface area contributed by atoms with E-state index in [9.17, 15) is 57.8 Å². The first-order valence-corrected chi connectivity index (χ1v) is 28.9. The largest absolute Gasteiger partial charge is 0.481 e. The van der Waals surface area contributed by atoms with Crippen LogP contribution in [-0.2, 0) is 52.7 Å². The zero-order valence-electron chi connectivity index (χ0n) is 50.3. The molecule has 0 saturated carbocycles. The SMILES string of the molecule is CCCCCCCC[C@H](NC(=O)C(C)(C)NC(=O)C(C)(C)NC(=O)[C@H](CCC(=O)O)NC(=O)[C@@H]1CCCN1C(=O)CCC)C(=O)N[C@@H](CC(C)C)C(=O)NC(C)(C)C(=O)N[C@@H](CC(C)C)C(=O)NCCC(=O)N[C@@H](C)CNCCO. The van der Waals surface area contributed by atoms with Crippen molar-refractivity contribution in [2.24, 2.45) is 11.8 Å². The lowest BCUT2D eigenvalue weighted by Gasteiger charge is -2.34. The first kappa shape index (κ1) is 72.1. The third-order valence-electron chi connectivity index (χ3n) is 13.6. The van der Waals surface area contributed by atoms with E-state index in [1.165, 1.54) is 46.4 Å². The molecule has 0 aromatic carbocycles. The van der Waals surface area contributed by atoms with Gasteiger partial charge in [-0.15, -0.1) is 0 Å². The molecule has 1 saturated heterocycles. The molecular weight excluding hydrogens is 1030 g/mol. The molecule has 0 bridgehead atoms. The maximum atomic E-state index is 14.3. The molecule has 0 aromatic rings. The predicted octanol–water partition coefficient (Wildman–Crippen LogP) is 1.70. The van der Waals surface area contributed by atoms with Crippen molar-refractivity contribution in [1.29, 1.82) is 0 Å². The van der Waals surface area contributed by atoms with E-state index in [0.29, 0.717) is 45.3 Å². The standard InChI is InChI=1S/C56H101N11O13/c1-14-16-17-18-19-20-23-38(62-52(79)55(10,11)66-53(80)56(12,13)64-48(75)39(25-26-45(71)72)60-50(77)42-24-21-30-67(42)44(70)22-15-2)47(74)61-41(33-36(5)6)49(76)65-54(8,9)51(78)63-40(32-35(3)4)46(73)58-28-27-43(69)59-37(7)34-57-29-31-68/h35-42,57,68H,14-34H2,1-13H3,(H,58,73)(H,59,69)(H,60,77)(H,61,74)(H,62,79)(H,63,78)(H,64,75)(H,65,76)(H,66,80)(H,71,72)/t37-,38-,39-,40-,41-,42-/m0/s1. The van der Waals surface area contributed by atoms with E-state index in [0.717, 1.165) is 32.1 Å². The first-order valence-electron chi connectivity index (χ1n) is 28.9. The van der Waals surface area contributed by atoms with Crippen LogP contribution in [0, 0.1) is 11.8 Å². The van der Waals surface area contributed by atoms with Gasteiger partial charge < -0.3 is 68.3 Å². The molecule has 80 heavy (non-hydrogen) atoms. The van der Waals surface area contributed by atoms with Gasteiger partial charge in [0.1, 0.15) is 46.8 Å². The van der Waals surface area contributed by atoms with Crippen LogP contribution in [0.25, 0.3) is 0 Å². The normalized spacial score (nSPS) is 15.6. The number of aliphatic hydroxyl groups excluding tert-OH is 1. The number of likely N-dealkylation sites (tertiary alicyclic amines) is 1. The highest BCUT2D eigenvalue weighted by atomic mass is 16.4. The molecule has 6 atom stereocenters. The van der Waals surface area contributed by atoms with Gasteiger partial charge in [-0.25, -0.2) is 0 Å². The van der Waals surface area contributed by atoms with Gasteiger partial charge in [0.2, 0.25) is 59.1 Å². The number of carboxylic acids is 1. The summed E-state index contributed by atoms with van der Waals surface area (Å²) >= 11 is 0. The molecule has 0 aliphatic carbocycles. The van der Waals surface area contributed by atoms with Gasteiger partial charge in [-0.1, -0.05) is 80.1 Å². The van der Waals surface area contributed by atoms with Gasteiger partial charge in [0, 0.05) is 51.5 Å². The Labute approximate surface area is 474 Å². The molecule has 1 aliphatic heterocycles. The molecule has 10 amide bonds. The van der Waals surface area contributed by atoms with E-state index in [1.807, 2.05) is 34.6 Å². The Hall–Kier alpha value is -5.91. The van der Waals surface area contributed by atoms with Crippen LogP contribution in [-0.4, -0.2) is 166 Å². The van der Waals surface area contributed by atoms with Crippen LogP contribution in [0.1, 0.15) is 193 Å². The number of hydrogen-bond donors (Lipinski definition) is 12. The molecule has 0 unspecified atom stereocenters. The minimum absolute atomic E-state index is 0.000646. The number of rotatable bonds is 39. The van der Waals surface area contributed by atoms with Gasteiger partial charge in [-0.05, 0) is 105 Å². The quantitative estimate of drug-likeness (QED) is 0.0390. The molecule has 24 nitrogen and oxygen atoms in total. The number of carbonyl (C=O) groups excluding carboxylic acids is 10. The zero-order valence-corrected chi connectivity index (χ0v) is 50.3. The van der Waals surface area contributed by atoms with Crippen LogP contribution in [0.3, 0.4) is 0 Å². The summed E-state index contributed by atoms with van der Waals surface area (Å²) in [4.78, 5) is 149. The summed E-state index contributed by atoms with van der Waals surface area (Å²) < 4.78 is 0. The number of carboxylic acid groups (broad SMARTS) is 1. The third-order valence-corrected chi connectivity index (χ3v) is 13.6. The lowest BCUT2D eigenvalue weighted by molar-refractivity contribution is -0.141. The Balaban J connectivity index is 3.27. The number of nitrogens with zero attached hydrogens (tertiary/aromatic N) is 1. The fourth-order valence-electron chi connectivity index (χ4n) is 8.87. The van der Waals surface area contributed by atoms with E-state index in [4.69, 9.17) is 5.11 Å². The number of aliphatic carboxylic acids is 1. The van der Waals surface area contributed by atoms with Gasteiger partial charge in [0.05, 0.1) is 6.61 Å².